The highest BCUT2D eigenvalue weighted by Crippen LogP contribution is 2.32. The van der Waals surface area contributed by atoms with Gasteiger partial charge in [-0.2, -0.15) is 10.2 Å². The lowest BCUT2D eigenvalue weighted by molar-refractivity contribution is -0.120. The first kappa shape index (κ1) is 15.8. The summed E-state index contributed by atoms with van der Waals surface area (Å²) in [6, 6.07) is 9.92. The summed E-state index contributed by atoms with van der Waals surface area (Å²) in [6.07, 6.45) is 2.52. The second kappa shape index (κ2) is 6.68. The Morgan fingerprint density at radius 2 is 2.12 bits per heavy atom. The summed E-state index contributed by atoms with van der Waals surface area (Å²) in [7, 11) is 1.85. The van der Waals surface area contributed by atoms with Crippen molar-refractivity contribution in [1.29, 1.82) is 0 Å². The molecule has 2 N–H and O–H groups in total. The van der Waals surface area contributed by atoms with Crippen LogP contribution in [0.3, 0.4) is 0 Å². The maximum Gasteiger partial charge on any atom is 0.228 e. The lowest BCUT2D eigenvalue weighted by atomic mass is 10.00. The molecule has 0 spiro atoms. The summed E-state index contributed by atoms with van der Waals surface area (Å²) in [5.74, 6) is 0.591. The molecule has 2 aromatic heterocycles. The fourth-order valence-electron chi connectivity index (χ4n) is 3.32. The third kappa shape index (κ3) is 3.02. The summed E-state index contributed by atoms with van der Waals surface area (Å²) >= 11 is 0. The van der Waals surface area contributed by atoms with E-state index < -0.39 is 0 Å². The van der Waals surface area contributed by atoms with Crippen LogP contribution in [0.25, 0.3) is 22.3 Å². The van der Waals surface area contributed by atoms with Crippen molar-refractivity contribution in [2.75, 3.05) is 18.5 Å². The monoisotopic (exact) mass is 339 g/mol. The van der Waals surface area contributed by atoms with Crippen LogP contribution < -0.4 is 5.32 Å². The summed E-state index contributed by atoms with van der Waals surface area (Å²) in [5.41, 5.74) is 2.53. The van der Waals surface area contributed by atoms with Gasteiger partial charge in [-0.1, -0.05) is 30.3 Å². The number of ether oxygens (including phenoxy) is 1. The Hall–Kier alpha value is -2.67. The number of nitrogens with one attached hydrogen (secondary N) is 2. The average Bonchev–Trinajstić information content (AvgIpc) is 3.05. The molecule has 1 fully saturated rings. The molecule has 1 unspecified atom stereocenters. The van der Waals surface area contributed by atoms with Crippen LogP contribution in [0.5, 0.6) is 0 Å². The first-order chi connectivity index (χ1) is 12.2. The van der Waals surface area contributed by atoms with Crippen LogP contribution in [0.1, 0.15) is 19.3 Å². The zero-order chi connectivity index (χ0) is 17.2. The molecule has 1 saturated heterocycles. The maximum atomic E-state index is 12.7. The number of aromatic amines is 1. The number of amides is 1. The van der Waals surface area contributed by atoms with Gasteiger partial charge in [0.25, 0.3) is 0 Å². The second-order valence-corrected chi connectivity index (χ2v) is 6.36. The van der Waals surface area contributed by atoms with Gasteiger partial charge in [0, 0.05) is 31.7 Å². The van der Waals surface area contributed by atoms with Gasteiger partial charge in [0.1, 0.15) is 11.5 Å². The number of anilines is 1. The zero-order valence-electron chi connectivity index (χ0n) is 14.2. The van der Waals surface area contributed by atoms with E-state index >= 15 is 0 Å². The number of rotatable bonds is 3. The number of fused-ring (bicyclic) bond motifs is 1. The van der Waals surface area contributed by atoms with Crippen molar-refractivity contribution >= 4 is 22.8 Å². The minimum Gasteiger partial charge on any atom is -0.381 e. The Bertz CT molecular complexity index is 876. The largest absolute Gasteiger partial charge is 0.381 e. The Kier molecular flexibility index (Phi) is 4.23. The minimum atomic E-state index is -0.0299. The van der Waals surface area contributed by atoms with Gasteiger partial charge in [-0.3, -0.25) is 9.89 Å². The van der Waals surface area contributed by atoms with Gasteiger partial charge in [-0.05, 0) is 19.3 Å². The number of benzene rings is 1. The van der Waals surface area contributed by atoms with Crippen LogP contribution >= 0.6 is 0 Å². The standard InChI is InChI=1S/C18H21N5O2/c1-23-17-14(15(22-23)12-6-3-2-4-7-12)16(20-21-17)19-18(24)13-8-5-10-25-11-9-13/h2-4,6-7,13H,5,8-11H2,1H3,(H2,19,20,21,24). The molecule has 1 atom stereocenters. The summed E-state index contributed by atoms with van der Waals surface area (Å²) < 4.78 is 7.17. The molecule has 1 amide bonds. The van der Waals surface area contributed by atoms with Crippen molar-refractivity contribution in [3.63, 3.8) is 0 Å². The van der Waals surface area contributed by atoms with Gasteiger partial charge in [-0.15, -0.1) is 0 Å². The normalized spacial score (nSPS) is 18.2. The minimum absolute atomic E-state index is 0.0129. The SMILES string of the molecule is Cn1nc(-c2ccccc2)c2c(NC(=O)C3CCCOCC3)[nH]nc21. The van der Waals surface area contributed by atoms with Gasteiger partial charge in [0.15, 0.2) is 5.65 Å². The molecule has 1 aliphatic heterocycles. The molecule has 0 radical (unpaired) electrons. The van der Waals surface area contributed by atoms with E-state index in [4.69, 9.17) is 4.74 Å². The third-order valence-electron chi connectivity index (χ3n) is 4.66. The fourth-order valence-corrected chi connectivity index (χ4v) is 3.32. The Morgan fingerprint density at radius 1 is 1.28 bits per heavy atom. The molecular formula is C18H21N5O2. The molecule has 4 rings (SSSR count). The highest BCUT2D eigenvalue weighted by molar-refractivity contribution is 6.05. The molecule has 1 aliphatic rings. The number of H-pyrrole nitrogens is 1. The number of hydrogen-bond acceptors (Lipinski definition) is 4. The quantitative estimate of drug-likeness (QED) is 0.768. The molecule has 7 nitrogen and oxygen atoms in total. The van der Waals surface area contributed by atoms with Gasteiger partial charge in [-0.25, -0.2) is 4.68 Å². The highest BCUT2D eigenvalue weighted by Gasteiger charge is 2.24. The van der Waals surface area contributed by atoms with Crippen molar-refractivity contribution < 1.29 is 9.53 Å². The van der Waals surface area contributed by atoms with E-state index in [1.807, 2.05) is 37.4 Å². The van der Waals surface area contributed by atoms with E-state index in [1.165, 1.54) is 0 Å². The molecule has 0 saturated carbocycles. The van der Waals surface area contributed by atoms with Crippen molar-refractivity contribution in [2.45, 2.75) is 19.3 Å². The molecule has 25 heavy (non-hydrogen) atoms. The molecule has 0 bridgehead atoms. The Labute approximate surface area is 145 Å². The van der Waals surface area contributed by atoms with Crippen molar-refractivity contribution in [3.8, 4) is 11.3 Å². The van der Waals surface area contributed by atoms with Gasteiger partial charge < -0.3 is 10.1 Å². The molecule has 3 heterocycles. The Balaban J connectivity index is 1.67. The van der Waals surface area contributed by atoms with Crippen LogP contribution in [0.4, 0.5) is 5.82 Å². The van der Waals surface area contributed by atoms with Gasteiger partial charge >= 0.3 is 0 Å². The van der Waals surface area contributed by atoms with E-state index in [2.05, 4.69) is 20.6 Å². The predicted molar refractivity (Wildman–Crippen MR) is 95.1 cm³/mol. The molecular weight excluding hydrogens is 318 g/mol. The first-order valence-corrected chi connectivity index (χ1v) is 8.59. The number of carbonyl (C=O) groups is 1. The van der Waals surface area contributed by atoms with Crippen molar-refractivity contribution in [2.24, 2.45) is 13.0 Å². The van der Waals surface area contributed by atoms with E-state index in [1.54, 1.807) is 4.68 Å². The van der Waals surface area contributed by atoms with Crippen LogP contribution in [0.15, 0.2) is 30.3 Å². The second-order valence-electron chi connectivity index (χ2n) is 6.36. The summed E-state index contributed by atoms with van der Waals surface area (Å²) in [4.78, 5) is 12.7. The van der Waals surface area contributed by atoms with Crippen LogP contribution in [0.2, 0.25) is 0 Å². The molecule has 3 aromatic rings. The van der Waals surface area contributed by atoms with E-state index in [0.29, 0.717) is 12.4 Å². The molecule has 7 heteroatoms. The van der Waals surface area contributed by atoms with E-state index in [-0.39, 0.29) is 11.8 Å². The highest BCUT2D eigenvalue weighted by atomic mass is 16.5. The smallest absolute Gasteiger partial charge is 0.228 e. The summed E-state index contributed by atoms with van der Waals surface area (Å²) in [6.45, 7) is 1.37. The van der Waals surface area contributed by atoms with Crippen LogP contribution in [-0.4, -0.2) is 39.1 Å². The number of hydrogen-bond donors (Lipinski definition) is 2. The van der Waals surface area contributed by atoms with Crippen LogP contribution in [-0.2, 0) is 16.6 Å². The zero-order valence-corrected chi connectivity index (χ0v) is 14.2. The third-order valence-corrected chi connectivity index (χ3v) is 4.66. The molecule has 1 aromatic carbocycles. The van der Waals surface area contributed by atoms with Gasteiger partial charge in [0.05, 0.1) is 5.39 Å². The van der Waals surface area contributed by atoms with Crippen LogP contribution in [0, 0.1) is 5.92 Å². The maximum absolute atomic E-state index is 12.7. The number of aromatic nitrogens is 4. The number of nitrogens with zero attached hydrogens (tertiary/aromatic N) is 3. The number of aryl methyl sites for hydroxylation is 1. The van der Waals surface area contributed by atoms with Crippen molar-refractivity contribution in [3.05, 3.63) is 30.3 Å². The van der Waals surface area contributed by atoms with Crippen molar-refractivity contribution in [1.82, 2.24) is 20.0 Å². The summed E-state index contributed by atoms with van der Waals surface area (Å²) in [5, 5.41) is 15.7. The number of carbonyl (C=O) groups excluding carboxylic acids is 1. The lowest BCUT2D eigenvalue weighted by Gasteiger charge is -2.12. The predicted octanol–water partition coefficient (Wildman–Crippen LogP) is 2.72. The first-order valence-electron chi connectivity index (χ1n) is 8.59. The topological polar surface area (TPSA) is 84.8 Å². The van der Waals surface area contributed by atoms with Gasteiger partial charge in [0.2, 0.25) is 5.91 Å². The Morgan fingerprint density at radius 3 is 2.96 bits per heavy atom. The molecule has 130 valence electrons. The molecule has 0 aliphatic carbocycles. The fraction of sp³-hybridized carbons (Fsp3) is 0.389. The van der Waals surface area contributed by atoms with E-state index in [0.717, 1.165) is 48.2 Å². The average molecular weight is 339 g/mol. The van der Waals surface area contributed by atoms with E-state index in [9.17, 15) is 4.79 Å². The lowest BCUT2D eigenvalue weighted by Crippen LogP contribution is -2.23.